The van der Waals surface area contributed by atoms with E-state index in [0.29, 0.717) is 6.04 Å². The van der Waals surface area contributed by atoms with Gasteiger partial charge >= 0.3 is 0 Å². The van der Waals surface area contributed by atoms with Gasteiger partial charge in [-0.3, -0.25) is 0 Å². The summed E-state index contributed by atoms with van der Waals surface area (Å²) in [5.74, 6) is 0. The zero-order valence-electron chi connectivity index (χ0n) is 8.07. The van der Waals surface area contributed by atoms with Gasteiger partial charge in [-0.2, -0.15) is 10.2 Å². The van der Waals surface area contributed by atoms with E-state index in [-0.39, 0.29) is 0 Å². The first-order valence-corrected chi connectivity index (χ1v) is 4.44. The fourth-order valence-corrected chi connectivity index (χ4v) is 0.913. The highest BCUT2D eigenvalue weighted by Crippen LogP contribution is 1.98. The molecule has 1 rings (SSSR count). The van der Waals surface area contributed by atoms with Crippen molar-refractivity contribution in [3.05, 3.63) is 30.1 Å². The first-order chi connectivity index (χ1) is 6.33. The van der Waals surface area contributed by atoms with Gasteiger partial charge in [-0.25, -0.2) is 0 Å². The Morgan fingerprint density at radius 3 is 3.08 bits per heavy atom. The summed E-state index contributed by atoms with van der Waals surface area (Å²) in [4.78, 5) is 0. The SMILES string of the molecule is CNC(C)CC=Cc1cccnn1. The van der Waals surface area contributed by atoms with Gasteiger partial charge in [-0.05, 0) is 38.6 Å². The Morgan fingerprint density at radius 2 is 2.46 bits per heavy atom. The molecular weight excluding hydrogens is 162 g/mol. The number of nitrogens with one attached hydrogen (secondary N) is 1. The summed E-state index contributed by atoms with van der Waals surface area (Å²) < 4.78 is 0. The number of hydrogen-bond donors (Lipinski definition) is 1. The third kappa shape index (κ3) is 3.80. The Balaban J connectivity index is 2.41. The fraction of sp³-hybridized carbons (Fsp3) is 0.400. The molecule has 0 aliphatic carbocycles. The summed E-state index contributed by atoms with van der Waals surface area (Å²) >= 11 is 0. The summed E-state index contributed by atoms with van der Waals surface area (Å²) in [6.07, 6.45) is 6.77. The molecule has 0 saturated carbocycles. The van der Waals surface area contributed by atoms with Gasteiger partial charge in [0, 0.05) is 12.2 Å². The van der Waals surface area contributed by atoms with E-state index < -0.39 is 0 Å². The van der Waals surface area contributed by atoms with Crippen LogP contribution in [0, 0.1) is 0 Å². The first-order valence-electron chi connectivity index (χ1n) is 4.44. The van der Waals surface area contributed by atoms with Gasteiger partial charge in [0.2, 0.25) is 0 Å². The van der Waals surface area contributed by atoms with Crippen molar-refractivity contribution in [2.45, 2.75) is 19.4 Å². The van der Waals surface area contributed by atoms with Crippen LogP contribution in [0.4, 0.5) is 0 Å². The highest BCUT2D eigenvalue weighted by molar-refractivity contribution is 5.42. The minimum atomic E-state index is 0.507. The second-order valence-electron chi connectivity index (χ2n) is 2.98. The molecule has 0 aliphatic heterocycles. The maximum absolute atomic E-state index is 3.94. The molecule has 1 unspecified atom stereocenters. The van der Waals surface area contributed by atoms with Crippen molar-refractivity contribution in [2.24, 2.45) is 0 Å². The van der Waals surface area contributed by atoms with Gasteiger partial charge in [0.15, 0.2) is 0 Å². The predicted octanol–water partition coefficient (Wildman–Crippen LogP) is 1.49. The molecule has 1 aromatic heterocycles. The molecule has 1 N–H and O–H groups in total. The molecule has 1 atom stereocenters. The molecule has 0 spiro atoms. The third-order valence-corrected chi connectivity index (χ3v) is 1.86. The van der Waals surface area contributed by atoms with Crippen molar-refractivity contribution in [3.63, 3.8) is 0 Å². The Labute approximate surface area is 78.9 Å². The topological polar surface area (TPSA) is 37.8 Å². The molecule has 1 heterocycles. The smallest absolute Gasteiger partial charge is 0.0854 e. The number of nitrogens with zero attached hydrogens (tertiary/aromatic N) is 2. The second-order valence-corrected chi connectivity index (χ2v) is 2.98. The lowest BCUT2D eigenvalue weighted by Crippen LogP contribution is -2.19. The average Bonchev–Trinajstić information content (AvgIpc) is 2.19. The molecule has 0 bridgehead atoms. The summed E-state index contributed by atoms with van der Waals surface area (Å²) in [6, 6.07) is 4.33. The van der Waals surface area contributed by atoms with Gasteiger partial charge in [0.25, 0.3) is 0 Å². The van der Waals surface area contributed by atoms with E-state index in [1.54, 1.807) is 6.20 Å². The van der Waals surface area contributed by atoms with E-state index in [1.165, 1.54) is 0 Å². The summed E-state index contributed by atoms with van der Waals surface area (Å²) in [7, 11) is 1.96. The Hall–Kier alpha value is -1.22. The number of aromatic nitrogens is 2. The lowest BCUT2D eigenvalue weighted by Gasteiger charge is -2.04. The molecular formula is C10H15N3. The summed E-state index contributed by atoms with van der Waals surface area (Å²) in [5, 5.41) is 10.9. The molecule has 0 radical (unpaired) electrons. The van der Waals surface area contributed by atoms with E-state index in [0.717, 1.165) is 12.1 Å². The van der Waals surface area contributed by atoms with Gasteiger partial charge < -0.3 is 5.32 Å². The highest BCUT2D eigenvalue weighted by atomic mass is 15.1. The lowest BCUT2D eigenvalue weighted by molar-refractivity contribution is 0.620. The van der Waals surface area contributed by atoms with Crippen LogP contribution < -0.4 is 5.32 Å². The summed E-state index contributed by atoms with van der Waals surface area (Å²) in [6.45, 7) is 2.14. The molecule has 3 nitrogen and oxygen atoms in total. The molecule has 13 heavy (non-hydrogen) atoms. The fourth-order valence-electron chi connectivity index (χ4n) is 0.913. The number of rotatable bonds is 4. The Morgan fingerprint density at radius 1 is 1.62 bits per heavy atom. The van der Waals surface area contributed by atoms with E-state index >= 15 is 0 Å². The van der Waals surface area contributed by atoms with Crippen LogP contribution in [-0.2, 0) is 0 Å². The van der Waals surface area contributed by atoms with Gasteiger partial charge in [0.05, 0.1) is 5.69 Å². The van der Waals surface area contributed by atoms with Crippen LogP contribution in [0.25, 0.3) is 6.08 Å². The van der Waals surface area contributed by atoms with E-state index in [2.05, 4.69) is 28.5 Å². The Kier molecular flexibility index (Phi) is 4.12. The van der Waals surface area contributed by atoms with Crippen LogP contribution in [0.5, 0.6) is 0 Å². The largest absolute Gasteiger partial charge is 0.317 e. The highest BCUT2D eigenvalue weighted by Gasteiger charge is 1.92. The van der Waals surface area contributed by atoms with Crippen LogP contribution >= 0.6 is 0 Å². The standard InChI is InChI=1S/C10H15N3/c1-9(11-2)5-3-6-10-7-4-8-12-13-10/h3-4,6-9,11H,5H2,1-2H3. The van der Waals surface area contributed by atoms with Crippen molar-refractivity contribution in [2.75, 3.05) is 7.05 Å². The minimum Gasteiger partial charge on any atom is -0.317 e. The molecule has 0 aliphatic rings. The molecule has 3 heteroatoms. The molecule has 70 valence electrons. The van der Waals surface area contributed by atoms with E-state index in [1.807, 2.05) is 25.3 Å². The van der Waals surface area contributed by atoms with Crippen LogP contribution in [0.1, 0.15) is 19.0 Å². The van der Waals surface area contributed by atoms with Crippen molar-refractivity contribution in [3.8, 4) is 0 Å². The van der Waals surface area contributed by atoms with Crippen LogP contribution in [0.15, 0.2) is 24.4 Å². The maximum atomic E-state index is 3.94. The molecule has 0 saturated heterocycles. The van der Waals surface area contributed by atoms with E-state index in [4.69, 9.17) is 0 Å². The molecule has 0 fully saturated rings. The van der Waals surface area contributed by atoms with Crippen LogP contribution in [-0.4, -0.2) is 23.3 Å². The quantitative estimate of drug-likeness (QED) is 0.757. The van der Waals surface area contributed by atoms with Crippen molar-refractivity contribution in [1.29, 1.82) is 0 Å². The first kappa shape index (κ1) is 9.86. The normalized spacial score (nSPS) is 13.4. The minimum absolute atomic E-state index is 0.507. The molecule has 1 aromatic rings. The Bertz CT molecular complexity index is 256. The second kappa shape index (κ2) is 5.43. The zero-order valence-corrected chi connectivity index (χ0v) is 8.07. The van der Waals surface area contributed by atoms with Crippen molar-refractivity contribution < 1.29 is 0 Å². The van der Waals surface area contributed by atoms with Gasteiger partial charge in [-0.1, -0.05) is 6.08 Å². The van der Waals surface area contributed by atoms with Crippen molar-refractivity contribution >= 4 is 6.08 Å². The van der Waals surface area contributed by atoms with Crippen LogP contribution in [0.2, 0.25) is 0 Å². The van der Waals surface area contributed by atoms with E-state index in [9.17, 15) is 0 Å². The molecule has 0 aromatic carbocycles. The van der Waals surface area contributed by atoms with Crippen LogP contribution in [0.3, 0.4) is 0 Å². The summed E-state index contributed by atoms with van der Waals surface area (Å²) in [5.41, 5.74) is 0.908. The third-order valence-electron chi connectivity index (χ3n) is 1.86. The van der Waals surface area contributed by atoms with Gasteiger partial charge in [0.1, 0.15) is 0 Å². The van der Waals surface area contributed by atoms with Crippen molar-refractivity contribution in [1.82, 2.24) is 15.5 Å². The van der Waals surface area contributed by atoms with Gasteiger partial charge in [-0.15, -0.1) is 0 Å². The maximum Gasteiger partial charge on any atom is 0.0854 e. The molecule has 0 amide bonds. The number of hydrogen-bond acceptors (Lipinski definition) is 3. The lowest BCUT2D eigenvalue weighted by atomic mass is 10.2. The monoisotopic (exact) mass is 177 g/mol. The average molecular weight is 177 g/mol. The zero-order chi connectivity index (χ0) is 9.52. The predicted molar refractivity (Wildman–Crippen MR) is 54.2 cm³/mol.